The Morgan fingerprint density at radius 2 is 1.91 bits per heavy atom. The van der Waals surface area contributed by atoms with E-state index in [2.05, 4.69) is 10.3 Å². The Morgan fingerprint density at radius 1 is 1.15 bits per heavy atom. The molecule has 2 heterocycles. The highest BCUT2D eigenvalue weighted by Crippen LogP contribution is 2.27. The number of amides is 1. The van der Waals surface area contributed by atoms with Crippen LogP contribution in [0.25, 0.3) is 11.0 Å². The van der Waals surface area contributed by atoms with E-state index in [1.54, 1.807) is 18.2 Å². The second-order valence-electron chi connectivity index (χ2n) is 7.68. The van der Waals surface area contributed by atoms with Crippen LogP contribution in [-0.2, 0) is 32.5 Å². The summed E-state index contributed by atoms with van der Waals surface area (Å²) in [6.45, 7) is 4.76. The van der Waals surface area contributed by atoms with Crippen molar-refractivity contribution in [3.8, 4) is 0 Å². The highest BCUT2D eigenvalue weighted by molar-refractivity contribution is 7.99. The zero-order chi connectivity index (χ0) is 23.3. The number of ether oxygens (including phenoxy) is 1. The molecule has 0 radical (unpaired) electrons. The molecular weight excluding hydrogens is 460 g/mol. The van der Waals surface area contributed by atoms with E-state index in [9.17, 15) is 13.2 Å². The first-order valence-corrected chi connectivity index (χ1v) is 13.4. The van der Waals surface area contributed by atoms with E-state index in [1.165, 1.54) is 21.6 Å². The van der Waals surface area contributed by atoms with Crippen LogP contribution in [0.5, 0.6) is 0 Å². The lowest BCUT2D eigenvalue weighted by atomic mass is 10.1. The number of sulfonamides is 1. The van der Waals surface area contributed by atoms with Crippen molar-refractivity contribution in [1.82, 2.24) is 19.2 Å². The molecule has 0 aliphatic carbocycles. The first-order chi connectivity index (χ1) is 16.0. The van der Waals surface area contributed by atoms with Crippen molar-refractivity contribution in [3.05, 3.63) is 54.1 Å². The smallest absolute Gasteiger partial charge is 0.243 e. The van der Waals surface area contributed by atoms with Crippen LogP contribution >= 0.6 is 11.8 Å². The molecule has 1 aromatic heterocycles. The highest BCUT2D eigenvalue weighted by Gasteiger charge is 2.27. The first kappa shape index (κ1) is 23.7. The second kappa shape index (κ2) is 10.7. The topological polar surface area (TPSA) is 93.5 Å². The van der Waals surface area contributed by atoms with Gasteiger partial charge in [-0.3, -0.25) is 4.79 Å². The molecule has 0 spiro atoms. The highest BCUT2D eigenvalue weighted by atomic mass is 32.2. The third-order valence-corrected chi connectivity index (χ3v) is 8.39. The molecule has 1 N–H and O–H groups in total. The summed E-state index contributed by atoms with van der Waals surface area (Å²) in [4.78, 5) is 17.2. The summed E-state index contributed by atoms with van der Waals surface area (Å²) in [5, 5.41) is 3.65. The van der Waals surface area contributed by atoms with E-state index < -0.39 is 10.0 Å². The summed E-state index contributed by atoms with van der Waals surface area (Å²) in [6.07, 6.45) is 0.783. The fraction of sp³-hybridized carbons (Fsp3) is 0.391. The van der Waals surface area contributed by atoms with Crippen LogP contribution in [0.2, 0.25) is 0 Å². The average molecular weight is 489 g/mol. The zero-order valence-electron chi connectivity index (χ0n) is 18.6. The maximum atomic E-state index is 13.0. The molecule has 1 aliphatic rings. The predicted octanol–water partition coefficient (Wildman–Crippen LogP) is 2.53. The van der Waals surface area contributed by atoms with Crippen LogP contribution in [0.1, 0.15) is 12.5 Å². The van der Waals surface area contributed by atoms with Gasteiger partial charge in [0.2, 0.25) is 15.9 Å². The molecule has 1 saturated heterocycles. The van der Waals surface area contributed by atoms with Gasteiger partial charge in [0, 0.05) is 26.2 Å². The number of imidazole rings is 1. The van der Waals surface area contributed by atoms with Crippen molar-refractivity contribution in [2.24, 2.45) is 0 Å². The minimum absolute atomic E-state index is 0.0544. The maximum absolute atomic E-state index is 13.0. The molecule has 1 fully saturated rings. The third kappa shape index (κ3) is 5.57. The lowest BCUT2D eigenvalue weighted by Gasteiger charge is -2.26. The van der Waals surface area contributed by atoms with Gasteiger partial charge in [-0.05, 0) is 37.1 Å². The fourth-order valence-electron chi connectivity index (χ4n) is 3.77. The Hall–Kier alpha value is -2.40. The number of hydrogen-bond acceptors (Lipinski definition) is 6. The van der Waals surface area contributed by atoms with E-state index in [1.807, 2.05) is 41.8 Å². The van der Waals surface area contributed by atoms with E-state index in [-0.39, 0.29) is 16.6 Å². The van der Waals surface area contributed by atoms with Crippen molar-refractivity contribution in [2.45, 2.75) is 29.9 Å². The molecule has 1 aliphatic heterocycles. The number of rotatable bonds is 9. The molecule has 3 aromatic rings. The predicted molar refractivity (Wildman–Crippen MR) is 129 cm³/mol. The van der Waals surface area contributed by atoms with Gasteiger partial charge in [-0.15, -0.1) is 0 Å². The Morgan fingerprint density at radius 3 is 2.64 bits per heavy atom. The molecule has 1 amide bonds. The third-order valence-electron chi connectivity index (χ3n) is 5.52. The molecule has 176 valence electrons. The van der Waals surface area contributed by atoms with Crippen molar-refractivity contribution >= 4 is 38.7 Å². The van der Waals surface area contributed by atoms with Crippen molar-refractivity contribution < 1.29 is 17.9 Å². The Labute approximate surface area is 198 Å². The van der Waals surface area contributed by atoms with Crippen molar-refractivity contribution in [3.63, 3.8) is 0 Å². The number of benzene rings is 2. The summed E-state index contributed by atoms with van der Waals surface area (Å²) in [7, 11) is -3.59. The number of morpholine rings is 1. The van der Waals surface area contributed by atoms with Crippen LogP contribution < -0.4 is 5.32 Å². The summed E-state index contributed by atoms with van der Waals surface area (Å²) >= 11 is 1.36. The second-order valence-corrected chi connectivity index (χ2v) is 10.6. The van der Waals surface area contributed by atoms with E-state index in [4.69, 9.17) is 4.74 Å². The summed E-state index contributed by atoms with van der Waals surface area (Å²) in [5.74, 6) is 0.193. The average Bonchev–Trinajstić information content (AvgIpc) is 3.20. The summed E-state index contributed by atoms with van der Waals surface area (Å²) in [6, 6.07) is 15.1. The molecule has 0 bridgehead atoms. The number of aromatic nitrogens is 2. The molecule has 33 heavy (non-hydrogen) atoms. The molecule has 8 nitrogen and oxygen atoms in total. The molecule has 4 rings (SSSR count). The van der Waals surface area contributed by atoms with Gasteiger partial charge in [-0.25, -0.2) is 13.4 Å². The maximum Gasteiger partial charge on any atom is 0.243 e. The van der Waals surface area contributed by atoms with Gasteiger partial charge in [0.15, 0.2) is 5.16 Å². The van der Waals surface area contributed by atoms with Crippen LogP contribution in [0, 0.1) is 0 Å². The Balaban J connectivity index is 1.42. The van der Waals surface area contributed by atoms with Crippen LogP contribution in [0.4, 0.5) is 0 Å². The minimum atomic E-state index is -3.59. The summed E-state index contributed by atoms with van der Waals surface area (Å²) in [5.41, 5.74) is 2.64. The first-order valence-electron chi connectivity index (χ1n) is 11.0. The van der Waals surface area contributed by atoms with Crippen LogP contribution in [0.15, 0.2) is 58.6 Å². The molecule has 0 unspecified atom stereocenters. The van der Waals surface area contributed by atoms with Gasteiger partial charge in [-0.2, -0.15) is 4.31 Å². The Bertz CT molecular complexity index is 1210. The monoisotopic (exact) mass is 488 g/mol. The van der Waals surface area contributed by atoms with Gasteiger partial charge in [0.25, 0.3) is 0 Å². The number of carbonyl (C=O) groups is 1. The van der Waals surface area contributed by atoms with Crippen LogP contribution in [-0.4, -0.2) is 66.8 Å². The standard InChI is InChI=1S/C23H28N4O4S2/c1-2-27-21-9-8-19(33(29,30)26-12-14-31-15-13-26)16-20(21)25-23(27)32-17-22(28)24-11-10-18-6-4-3-5-7-18/h3-9,16H,2,10-15,17H2,1H3,(H,24,28). The van der Waals surface area contributed by atoms with E-state index >= 15 is 0 Å². The molecule has 10 heteroatoms. The number of fused-ring (bicyclic) bond motifs is 1. The lowest BCUT2D eigenvalue weighted by Crippen LogP contribution is -2.40. The molecule has 2 aromatic carbocycles. The van der Waals surface area contributed by atoms with Gasteiger partial charge < -0.3 is 14.6 Å². The van der Waals surface area contributed by atoms with E-state index in [0.717, 1.165) is 11.9 Å². The van der Waals surface area contributed by atoms with Gasteiger partial charge >= 0.3 is 0 Å². The zero-order valence-corrected chi connectivity index (χ0v) is 20.2. The van der Waals surface area contributed by atoms with Gasteiger partial charge in [-0.1, -0.05) is 42.1 Å². The number of aryl methyl sites for hydroxylation is 1. The number of thioether (sulfide) groups is 1. The van der Waals surface area contributed by atoms with Crippen molar-refractivity contribution in [2.75, 3.05) is 38.6 Å². The quantitative estimate of drug-likeness (QED) is 0.465. The lowest BCUT2D eigenvalue weighted by molar-refractivity contribution is -0.118. The van der Waals surface area contributed by atoms with Crippen molar-refractivity contribution in [1.29, 1.82) is 0 Å². The SMILES string of the molecule is CCn1c(SCC(=O)NCCc2ccccc2)nc2cc(S(=O)(=O)N3CCOCC3)ccc21. The van der Waals surface area contributed by atoms with Gasteiger partial charge in [0.05, 0.1) is 34.9 Å². The fourth-order valence-corrected chi connectivity index (χ4v) is 6.11. The normalized spacial score (nSPS) is 15.1. The molecular formula is C23H28N4O4S2. The minimum Gasteiger partial charge on any atom is -0.379 e. The van der Waals surface area contributed by atoms with Crippen LogP contribution in [0.3, 0.4) is 0 Å². The number of carbonyl (C=O) groups excluding carboxylic acids is 1. The summed E-state index contributed by atoms with van der Waals surface area (Å²) < 4.78 is 34.7. The van der Waals surface area contributed by atoms with E-state index in [0.29, 0.717) is 50.1 Å². The largest absolute Gasteiger partial charge is 0.379 e. The number of nitrogens with zero attached hydrogens (tertiary/aromatic N) is 3. The number of hydrogen-bond donors (Lipinski definition) is 1. The Kier molecular flexibility index (Phi) is 7.69. The molecule has 0 atom stereocenters. The van der Waals surface area contributed by atoms with Gasteiger partial charge in [0.1, 0.15) is 0 Å². The number of nitrogens with one attached hydrogen (secondary N) is 1. The molecule has 0 saturated carbocycles.